The maximum atomic E-state index is 11.2. The van der Waals surface area contributed by atoms with E-state index in [0.29, 0.717) is 5.75 Å². The van der Waals surface area contributed by atoms with Gasteiger partial charge in [-0.2, -0.15) is 0 Å². The van der Waals surface area contributed by atoms with Gasteiger partial charge in [0.25, 0.3) is 0 Å². The standard InChI is InChI=1S/C16H25NO2S/c1-16(15-8-4-3-5-9-15)10-6-11-17(14-16)12-7-13-20(2,18)19/h3-5,8-9H,6-7,10-14H2,1-2H3. The van der Waals surface area contributed by atoms with Crippen molar-refractivity contribution in [2.24, 2.45) is 0 Å². The fraction of sp³-hybridized carbons (Fsp3) is 0.625. The number of rotatable bonds is 5. The van der Waals surface area contributed by atoms with Gasteiger partial charge in [-0.3, -0.25) is 0 Å². The first-order valence-corrected chi connectivity index (χ1v) is 9.41. The summed E-state index contributed by atoms with van der Waals surface area (Å²) in [6.07, 6.45) is 4.45. The average molecular weight is 295 g/mol. The molecule has 1 aromatic carbocycles. The molecular formula is C16H25NO2S. The molecule has 0 bridgehead atoms. The van der Waals surface area contributed by atoms with Crippen molar-refractivity contribution in [3.05, 3.63) is 35.9 Å². The van der Waals surface area contributed by atoms with Crippen LogP contribution in [0.3, 0.4) is 0 Å². The highest BCUT2D eigenvalue weighted by Crippen LogP contribution is 2.33. The van der Waals surface area contributed by atoms with Crippen molar-refractivity contribution in [3.63, 3.8) is 0 Å². The van der Waals surface area contributed by atoms with Crippen molar-refractivity contribution in [2.75, 3.05) is 31.6 Å². The molecule has 112 valence electrons. The molecule has 1 saturated heterocycles. The second-order valence-electron chi connectivity index (χ2n) is 6.29. The lowest BCUT2D eigenvalue weighted by Gasteiger charge is -2.41. The molecule has 4 heteroatoms. The van der Waals surface area contributed by atoms with E-state index in [4.69, 9.17) is 0 Å². The Morgan fingerprint density at radius 3 is 2.60 bits per heavy atom. The fourth-order valence-corrected chi connectivity index (χ4v) is 3.82. The van der Waals surface area contributed by atoms with Gasteiger partial charge in [-0.05, 0) is 37.9 Å². The van der Waals surface area contributed by atoms with E-state index in [1.165, 1.54) is 24.7 Å². The topological polar surface area (TPSA) is 37.4 Å². The van der Waals surface area contributed by atoms with E-state index in [-0.39, 0.29) is 5.41 Å². The zero-order chi connectivity index (χ0) is 14.6. The second kappa shape index (κ2) is 6.27. The van der Waals surface area contributed by atoms with Crippen LogP contribution in [0.15, 0.2) is 30.3 Å². The van der Waals surface area contributed by atoms with Gasteiger partial charge in [0.1, 0.15) is 9.84 Å². The number of piperidine rings is 1. The summed E-state index contributed by atoms with van der Waals surface area (Å²) in [4.78, 5) is 2.42. The Bertz CT molecular complexity index is 527. The summed E-state index contributed by atoms with van der Waals surface area (Å²) in [7, 11) is -2.83. The van der Waals surface area contributed by atoms with Gasteiger partial charge in [0.2, 0.25) is 0 Å². The molecule has 1 atom stereocenters. The largest absolute Gasteiger partial charge is 0.302 e. The van der Waals surface area contributed by atoms with E-state index in [0.717, 1.165) is 26.1 Å². The highest BCUT2D eigenvalue weighted by Gasteiger charge is 2.32. The number of nitrogens with zero attached hydrogens (tertiary/aromatic N) is 1. The average Bonchev–Trinajstić information content (AvgIpc) is 2.38. The first-order chi connectivity index (χ1) is 9.39. The van der Waals surface area contributed by atoms with Gasteiger partial charge in [0.15, 0.2) is 0 Å². The predicted octanol–water partition coefficient (Wildman–Crippen LogP) is 2.47. The molecule has 0 aliphatic carbocycles. The van der Waals surface area contributed by atoms with Crippen LogP contribution in [0.5, 0.6) is 0 Å². The van der Waals surface area contributed by atoms with Crippen LogP contribution < -0.4 is 0 Å². The van der Waals surface area contributed by atoms with Gasteiger partial charge in [0.05, 0.1) is 5.75 Å². The molecule has 0 amide bonds. The quantitative estimate of drug-likeness (QED) is 0.837. The SMILES string of the molecule is CC1(c2ccccc2)CCCN(CCCS(C)(=O)=O)C1. The minimum Gasteiger partial charge on any atom is -0.302 e. The van der Waals surface area contributed by atoms with Gasteiger partial charge >= 0.3 is 0 Å². The van der Waals surface area contributed by atoms with Gasteiger partial charge in [-0.15, -0.1) is 0 Å². The number of sulfone groups is 1. The summed E-state index contributed by atoms with van der Waals surface area (Å²) in [5.74, 6) is 0.297. The number of hydrogen-bond donors (Lipinski definition) is 0. The molecule has 0 N–H and O–H groups in total. The van der Waals surface area contributed by atoms with Gasteiger partial charge in [-0.25, -0.2) is 8.42 Å². The maximum absolute atomic E-state index is 11.2. The highest BCUT2D eigenvalue weighted by molar-refractivity contribution is 7.90. The summed E-state index contributed by atoms with van der Waals surface area (Å²) >= 11 is 0. The maximum Gasteiger partial charge on any atom is 0.147 e. The van der Waals surface area contributed by atoms with Crippen molar-refractivity contribution in [3.8, 4) is 0 Å². The molecule has 0 aromatic heterocycles. The van der Waals surface area contributed by atoms with Crippen LogP contribution in [0, 0.1) is 0 Å². The Balaban J connectivity index is 1.95. The first kappa shape index (κ1) is 15.5. The molecule has 0 saturated carbocycles. The van der Waals surface area contributed by atoms with Crippen molar-refractivity contribution in [1.82, 2.24) is 4.90 Å². The zero-order valence-corrected chi connectivity index (χ0v) is 13.3. The molecule has 1 heterocycles. The fourth-order valence-electron chi connectivity index (χ4n) is 3.16. The van der Waals surface area contributed by atoms with E-state index in [1.807, 2.05) is 0 Å². The summed E-state index contributed by atoms with van der Waals surface area (Å²) in [5.41, 5.74) is 1.60. The Morgan fingerprint density at radius 2 is 1.95 bits per heavy atom. The Hall–Kier alpha value is -0.870. The van der Waals surface area contributed by atoms with Crippen LogP contribution in [0.2, 0.25) is 0 Å². The monoisotopic (exact) mass is 295 g/mol. The van der Waals surface area contributed by atoms with E-state index >= 15 is 0 Å². The lowest BCUT2D eigenvalue weighted by atomic mass is 9.76. The van der Waals surface area contributed by atoms with E-state index < -0.39 is 9.84 Å². The third kappa shape index (κ3) is 4.32. The molecule has 1 aliphatic rings. The molecule has 2 rings (SSSR count). The van der Waals surface area contributed by atoms with Crippen molar-refractivity contribution in [2.45, 2.75) is 31.6 Å². The summed E-state index contributed by atoms with van der Waals surface area (Å²) in [6.45, 7) is 5.33. The molecule has 1 aliphatic heterocycles. The molecule has 1 unspecified atom stereocenters. The predicted molar refractivity (Wildman–Crippen MR) is 83.8 cm³/mol. The van der Waals surface area contributed by atoms with Crippen molar-refractivity contribution in [1.29, 1.82) is 0 Å². The van der Waals surface area contributed by atoms with Crippen LogP contribution in [-0.4, -0.2) is 45.0 Å². The molecule has 1 aromatic rings. The summed E-state index contributed by atoms with van der Waals surface area (Å²) in [5, 5.41) is 0. The summed E-state index contributed by atoms with van der Waals surface area (Å²) < 4.78 is 22.4. The van der Waals surface area contributed by atoms with Crippen LogP contribution in [0.4, 0.5) is 0 Å². The number of hydrogen-bond acceptors (Lipinski definition) is 3. The molecule has 3 nitrogen and oxygen atoms in total. The minimum absolute atomic E-state index is 0.199. The lowest BCUT2D eigenvalue weighted by Crippen LogP contribution is -2.44. The number of likely N-dealkylation sites (tertiary alicyclic amines) is 1. The third-order valence-electron chi connectivity index (χ3n) is 4.24. The van der Waals surface area contributed by atoms with E-state index in [9.17, 15) is 8.42 Å². The van der Waals surface area contributed by atoms with Gasteiger partial charge in [-0.1, -0.05) is 37.3 Å². The summed E-state index contributed by atoms with van der Waals surface area (Å²) in [6, 6.07) is 10.7. The lowest BCUT2D eigenvalue weighted by molar-refractivity contribution is 0.157. The molecule has 0 radical (unpaired) electrons. The Morgan fingerprint density at radius 1 is 1.25 bits per heavy atom. The van der Waals surface area contributed by atoms with Crippen molar-refractivity contribution < 1.29 is 8.42 Å². The smallest absolute Gasteiger partial charge is 0.147 e. The first-order valence-electron chi connectivity index (χ1n) is 7.35. The van der Waals surface area contributed by atoms with E-state index in [2.05, 4.69) is 42.2 Å². The molecular weight excluding hydrogens is 270 g/mol. The molecule has 1 fully saturated rings. The normalized spacial score (nSPS) is 24.7. The van der Waals surface area contributed by atoms with Crippen LogP contribution in [0.1, 0.15) is 31.7 Å². The van der Waals surface area contributed by atoms with Crippen LogP contribution in [0.25, 0.3) is 0 Å². The highest BCUT2D eigenvalue weighted by atomic mass is 32.2. The number of benzene rings is 1. The minimum atomic E-state index is -2.83. The Labute approximate surface area is 122 Å². The molecule has 20 heavy (non-hydrogen) atoms. The molecule has 0 spiro atoms. The Kier molecular flexibility index (Phi) is 4.86. The third-order valence-corrected chi connectivity index (χ3v) is 5.27. The van der Waals surface area contributed by atoms with Gasteiger partial charge < -0.3 is 4.90 Å². The second-order valence-corrected chi connectivity index (χ2v) is 8.55. The van der Waals surface area contributed by atoms with Crippen LogP contribution in [-0.2, 0) is 15.3 Å². The van der Waals surface area contributed by atoms with Crippen molar-refractivity contribution >= 4 is 9.84 Å². The zero-order valence-electron chi connectivity index (χ0n) is 12.5. The van der Waals surface area contributed by atoms with E-state index in [1.54, 1.807) is 0 Å². The van der Waals surface area contributed by atoms with Crippen LogP contribution >= 0.6 is 0 Å². The van der Waals surface area contributed by atoms with Gasteiger partial charge in [0, 0.05) is 18.2 Å².